The molecule has 4 heteroatoms. The Morgan fingerprint density at radius 2 is 2.17 bits per heavy atom. The van der Waals surface area contributed by atoms with Crippen LogP contribution in [0.25, 0.3) is 0 Å². The van der Waals surface area contributed by atoms with Crippen molar-refractivity contribution in [3.63, 3.8) is 0 Å². The second kappa shape index (κ2) is 5.82. The number of aromatic nitrogens is 1. The number of pyridine rings is 1. The molecule has 0 aliphatic carbocycles. The summed E-state index contributed by atoms with van der Waals surface area (Å²) in [4.78, 5) is 14.8. The van der Waals surface area contributed by atoms with Crippen molar-refractivity contribution in [2.75, 3.05) is 12.4 Å². The lowest BCUT2D eigenvalue weighted by molar-refractivity contribution is 0.112. The molecule has 1 aromatic carbocycles. The number of aldehydes is 1. The van der Waals surface area contributed by atoms with Crippen molar-refractivity contribution >= 4 is 12.0 Å². The van der Waals surface area contributed by atoms with E-state index in [1.54, 1.807) is 19.4 Å². The van der Waals surface area contributed by atoms with Crippen molar-refractivity contribution in [1.29, 1.82) is 0 Å². The highest BCUT2D eigenvalue weighted by Crippen LogP contribution is 2.19. The fourth-order valence-electron chi connectivity index (χ4n) is 1.70. The van der Waals surface area contributed by atoms with Crippen molar-refractivity contribution < 1.29 is 9.53 Å². The fraction of sp³-hybridized carbons (Fsp3) is 0.143. The van der Waals surface area contributed by atoms with E-state index in [0.29, 0.717) is 12.1 Å². The first kappa shape index (κ1) is 12.1. The minimum absolute atomic E-state index is 0.549. The minimum Gasteiger partial charge on any atom is -0.496 e. The Labute approximate surface area is 106 Å². The summed E-state index contributed by atoms with van der Waals surface area (Å²) in [5.74, 6) is 0.826. The van der Waals surface area contributed by atoms with Gasteiger partial charge in [-0.25, -0.2) is 0 Å². The number of ether oxygens (including phenoxy) is 1. The highest BCUT2D eigenvalue weighted by Gasteiger charge is 2.04. The van der Waals surface area contributed by atoms with Crippen molar-refractivity contribution in [2.45, 2.75) is 6.54 Å². The van der Waals surface area contributed by atoms with E-state index in [1.165, 1.54) is 6.20 Å². The van der Waals surface area contributed by atoms with E-state index in [0.717, 1.165) is 23.3 Å². The zero-order chi connectivity index (χ0) is 12.8. The molecule has 0 aliphatic rings. The van der Waals surface area contributed by atoms with E-state index in [1.807, 2.05) is 24.3 Å². The number of hydrogen-bond donors (Lipinski definition) is 1. The number of hydrogen-bond acceptors (Lipinski definition) is 4. The number of carbonyl (C=O) groups excluding carboxylic acids is 1. The molecule has 2 rings (SSSR count). The molecule has 0 fully saturated rings. The molecule has 0 saturated heterocycles. The summed E-state index contributed by atoms with van der Waals surface area (Å²) in [6.07, 6.45) is 3.98. The first-order valence-corrected chi connectivity index (χ1v) is 5.60. The number of anilines is 1. The number of para-hydroxylation sites is 1. The molecule has 1 aromatic heterocycles. The Hall–Kier alpha value is -2.36. The van der Waals surface area contributed by atoms with Gasteiger partial charge in [-0.05, 0) is 12.1 Å². The van der Waals surface area contributed by atoms with E-state index in [2.05, 4.69) is 10.3 Å². The summed E-state index contributed by atoms with van der Waals surface area (Å²) in [6, 6.07) is 9.54. The molecule has 1 heterocycles. The Morgan fingerprint density at radius 3 is 2.94 bits per heavy atom. The van der Waals surface area contributed by atoms with Crippen LogP contribution >= 0.6 is 0 Å². The van der Waals surface area contributed by atoms with Crippen molar-refractivity contribution in [3.8, 4) is 5.75 Å². The molecule has 0 unspecified atom stereocenters. The summed E-state index contributed by atoms with van der Waals surface area (Å²) in [7, 11) is 1.64. The Bertz CT molecular complexity index is 541. The molecular weight excluding hydrogens is 228 g/mol. The highest BCUT2D eigenvalue weighted by molar-refractivity contribution is 5.83. The predicted molar refractivity (Wildman–Crippen MR) is 69.9 cm³/mol. The zero-order valence-corrected chi connectivity index (χ0v) is 10.1. The van der Waals surface area contributed by atoms with Gasteiger partial charge in [-0.1, -0.05) is 18.2 Å². The maximum Gasteiger partial charge on any atom is 0.153 e. The molecule has 0 bridgehead atoms. The van der Waals surface area contributed by atoms with E-state index in [9.17, 15) is 4.79 Å². The first-order chi connectivity index (χ1) is 8.85. The molecule has 18 heavy (non-hydrogen) atoms. The standard InChI is InChI=1S/C14H14N2O2/c1-18-14-5-3-2-4-11(14)9-16-13-6-7-15-8-12(13)10-17/h2-8,10H,9H2,1H3,(H,15,16). The molecule has 2 aromatic rings. The van der Waals surface area contributed by atoms with Crippen LogP contribution < -0.4 is 10.1 Å². The van der Waals surface area contributed by atoms with Gasteiger partial charge < -0.3 is 10.1 Å². The van der Waals surface area contributed by atoms with Gasteiger partial charge in [0.2, 0.25) is 0 Å². The lowest BCUT2D eigenvalue weighted by Gasteiger charge is -2.11. The highest BCUT2D eigenvalue weighted by atomic mass is 16.5. The Morgan fingerprint density at radius 1 is 1.33 bits per heavy atom. The van der Waals surface area contributed by atoms with Gasteiger partial charge in [0, 0.05) is 30.2 Å². The predicted octanol–water partition coefficient (Wildman–Crippen LogP) is 2.51. The molecule has 0 atom stereocenters. The van der Waals surface area contributed by atoms with Gasteiger partial charge in [0.05, 0.1) is 12.7 Å². The van der Waals surface area contributed by atoms with Crippen LogP contribution in [0.5, 0.6) is 5.75 Å². The maximum absolute atomic E-state index is 10.9. The monoisotopic (exact) mass is 242 g/mol. The third-order valence-corrected chi connectivity index (χ3v) is 2.64. The van der Waals surface area contributed by atoms with Gasteiger partial charge in [0.1, 0.15) is 5.75 Å². The summed E-state index contributed by atoms with van der Waals surface area (Å²) in [5.41, 5.74) is 2.35. The summed E-state index contributed by atoms with van der Waals surface area (Å²) in [5, 5.41) is 3.20. The van der Waals surface area contributed by atoms with Crippen LogP contribution in [0.4, 0.5) is 5.69 Å². The van der Waals surface area contributed by atoms with Gasteiger partial charge in [-0.15, -0.1) is 0 Å². The molecule has 0 saturated carbocycles. The van der Waals surface area contributed by atoms with E-state index in [-0.39, 0.29) is 0 Å². The summed E-state index contributed by atoms with van der Waals surface area (Å²) < 4.78 is 5.27. The molecule has 4 nitrogen and oxygen atoms in total. The molecular formula is C14H14N2O2. The lowest BCUT2D eigenvalue weighted by Crippen LogP contribution is -2.04. The smallest absolute Gasteiger partial charge is 0.153 e. The van der Waals surface area contributed by atoms with Gasteiger partial charge in [0.15, 0.2) is 6.29 Å². The topological polar surface area (TPSA) is 51.2 Å². The van der Waals surface area contributed by atoms with Crippen LogP contribution in [0.3, 0.4) is 0 Å². The molecule has 0 aliphatic heterocycles. The molecule has 92 valence electrons. The lowest BCUT2D eigenvalue weighted by atomic mass is 10.2. The van der Waals surface area contributed by atoms with Crippen LogP contribution in [0.15, 0.2) is 42.7 Å². The number of nitrogens with zero attached hydrogens (tertiary/aromatic N) is 1. The largest absolute Gasteiger partial charge is 0.496 e. The van der Waals surface area contributed by atoms with Gasteiger partial charge >= 0.3 is 0 Å². The fourth-order valence-corrected chi connectivity index (χ4v) is 1.70. The van der Waals surface area contributed by atoms with Crippen LogP contribution in [0.2, 0.25) is 0 Å². The second-order valence-electron chi connectivity index (χ2n) is 3.75. The van der Waals surface area contributed by atoms with Crippen molar-refractivity contribution in [1.82, 2.24) is 4.98 Å². The van der Waals surface area contributed by atoms with Crippen molar-refractivity contribution in [3.05, 3.63) is 53.9 Å². The van der Waals surface area contributed by atoms with Crippen LogP contribution in [0.1, 0.15) is 15.9 Å². The summed E-state index contributed by atoms with van der Waals surface area (Å²) >= 11 is 0. The van der Waals surface area contributed by atoms with Gasteiger partial charge in [0.25, 0.3) is 0 Å². The number of methoxy groups -OCH3 is 1. The third-order valence-electron chi connectivity index (χ3n) is 2.64. The second-order valence-corrected chi connectivity index (χ2v) is 3.75. The Kier molecular flexibility index (Phi) is 3.91. The Balaban J connectivity index is 2.14. The molecule has 0 spiro atoms. The zero-order valence-electron chi connectivity index (χ0n) is 10.1. The maximum atomic E-state index is 10.9. The van der Waals surface area contributed by atoms with Gasteiger partial charge in [-0.2, -0.15) is 0 Å². The SMILES string of the molecule is COc1ccccc1CNc1ccncc1C=O. The quantitative estimate of drug-likeness (QED) is 0.818. The molecule has 0 amide bonds. The first-order valence-electron chi connectivity index (χ1n) is 5.60. The van der Waals surface area contributed by atoms with E-state index < -0.39 is 0 Å². The van der Waals surface area contributed by atoms with Crippen molar-refractivity contribution in [2.24, 2.45) is 0 Å². The number of rotatable bonds is 5. The summed E-state index contributed by atoms with van der Waals surface area (Å²) in [6.45, 7) is 0.592. The number of nitrogens with one attached hydrogen (secondary N) is 1. The molecule has 0 radical (unpaired) electrons. The molecule has 1 N–H and O–H groups in total. The third kappa shape index (κ3) is 2.66. The van der Waals surface area contributed by atoms with E-state index in [4.69, 9.17) is 4.74 Å². The normalized spacial score (nSPS) is 9.83. The number of benzene rings is 1. The average molecular weight is 242 g/mol. The van der Waals surface area contributed by atoms with Crippen LogP contribution in [-0.2, 0) is 6.54 Å². The van der Waals surface area contributed by atoms with Gasteiger partial charge in [-0.3, -0.25) is 9.78 Å². The average Bonchev–Trinajstić information content (AvgIpc) is 2.45. The minimum atomic E-state index is 0.549. The van der Waals surface area contributed by atoms with E-state index >= 15 is 0 Å². The van der Waals surface area contributed by atoms with Crippen LogP contribution in [-0.4, -0.2) is 18.4 Å². The van der Waals surface area contributed by atoms with Crippen LogP contribution in [0, 0.1) is 0 Å². The number of carbonyl (C=O) groups is 1.